The lowest BCUT2D eigenvalue weighted by atomic mass is 9.97. The van der Waals surface area contributed by atoms with Crippen LogP contribution in [0.25, 0.3) is 0 Å². The van der Waals surface area contributed by atoms with Gasteiger partial charge in [0.2, 0.25) is 10.0 Å². The summed E-state index contributed by atoms with van der Waals surface area (Å²) in [6, 6.07) is 12.7. The molecule has 0 aromatic heterocycles. The average Bonchev–Trinajstić information content (AvgIpc) is 2.64. The van der Waals surface area contributed by atoms with Gasteiger partial charge in [0, 0.05) is 7.05 Å². The molecule has 0 saturated heterocycles. The van der Waals surface area contributed by atoms with E-state index in [2.05, 4.69) is 17.4 Å². The molecule has 0 unspecified atom stereocenters. The summed E-state index contributed by atoms with van der Waals surface area (Å²) in [5, 5.41) is 3.01. The molecular weight excluding hydrogens is 376 g/mol. The molecule has 7 heteroatoms. The van der Waals surface area contributed by atoms with Crippen molar-refractivity contribution in [3.8, 4) is 5.75 Å². The molecule has 0 bridgehead atoms. The Labute approximate surface area is 167 Å². The number of ether oxygens (including phenoxy) is 1. The molecule has 0 saturated carbocycles. The van der Waals surface area contributed by atoms with Gasteiger partial charge >= 0.3 is 0 Å². The zero-order valence-corrected chi connectivity index (χ0v) is 17.8. The minimum absolute atomic E-state index is 0.0671. The number of nitrogens with one attached hydrogen (secondary N) is 1. The lowest BCUT2D eigenvalue weighted by Gasteiger charge is -2.20. The van der Waals surface area contributed by atoms with Crippen molar-refractivity contribution in [2.75, 3.05) is 24.2 Å². The molecule has 1 atom stereocenters. The average molecular weight is 405 g/mol. The fourth-order valence-corrected chi connectivity index (χ4v) is 3.45. The Bertz CT molecular complexity index is 924. The number of carbonyl (C=O) groups is 1. The zero-order valence-electron chi connectivity index (χ0n) is 17.0. The maximum atomic E-state index is 12.3. The lowest BCUT2D eigenvalue weighted by molar-refractivity contribution is -0.123. The van der Waals surface area contributed by atoms with Gasteiger partial charge in [0.05, 0.1) is 18.0 Å². The maximum absolute atomic E-state index is 12.3. The third-order valence-corrected chi connectivity index (χ3v) is 5.82. The number of carbonyl (C=O) groups excluding carboxylic acids is 1. The highest BCUT2D eigenvalue weighted by molar-refractivity contribution is 7.92. The third-order valence-electron chi connectivity index (χ3n) is 4.61. The predicted octanol–water partition coefficient (Wildman–Crippen LogP) is 3.35. The first-order chi connectivity index (χ1) is 13.1. The number of aryl methyl sites for hydroxylation is 2. The number of rotatable bonds is 8. The fraction of sp³-hybridized carbons (Fsp3) is 0.381. The van der Waals surface area contributed by atoms with Crippen molar-refractivity contribution in [1.29, 1.82) is 0 Å². The summed E-state index contributed by atoms with van der Waals surface area (Å²) in [5.41, 5.74) is 3.98. The topological polar surface area (TPSA) is 75.7 Å². The number of nitrogens with zero attached hydrogens (tertiary/aromatic N) is 1. The Hall–Kier alpha value is -2.54. The van der Waals surface area contributed by atoms with Crippen molar-refractivity contribution < 1.29 is 17.9 Å². The number of hydrogen-bond acceptors (Lipinski definition) is 4. The third kappa shape index (κ3) is 5.73. The Morgan fingerprint density at radius 3 is 2.32 bits per heavy atom. The highest BCUT2D eigenvalue weighted by atomic mass is 32.2. The van der Waals surface area contributed by atoms with Crippen LogP contribution in [-0.2, 0) is 14.8 Å². The van der Waals surface area contributed by atoms with Gasteiger partial charge in [-0.2, -0.15) is 0 Å². The molecular formula is C21H28N2O4S. The summed E-state index contributed by atoms with van der Waals surface area (Å²) in [4.78, 5) is 12.3. The van der Waals surface area contributed by atoms with E-state index in [0.717, 1.165) is 23.8 Å². The van der Waals surface area contributed by atoms with Crippen LogP contribution in [0.4, 0.5) is 5.69 Å². The first-order valence-corrected chi connectivity index (χ1v) is 11.0. The van der Waals surface area contributed by atoms with Crippen LogP contribution < -0.4 is 14.4 Å². The van der Waals surface area contributed by atoms with Crippen LogP contribution in [0.2, 0.25) is 0 Å². The number of anilines is 1. The van der Waals surface area contributed by atoms with E-state index < -0.39 is 10.0 Å². The molecule has 0 heterocycles. The molecule has 0 aliphatic rings. The summed E-state index contributed by atoms with van der Waals surface area (Å²) < 4.78 is 29.8. The molecule has 0 aliphatic carbocycles. The van der Waals surface area contributed by atoms with Crippen LogP contribution in [0.15, 0.2) is 42.5 Å². The van der Waals surface area contributed by atoms with Gasteiger partial charge in [0.25, 0.3) is 5.91 Å². The molecule has 28 heavy (non-hydrogen) atoms. The standard InChI is InChI=1S/C21H28N2O4S/c1-6-20(19-12-7-15(2)13-16(19)3)22-21(24)14-27-18-10-8-17(9-11-18)23(4)28(5,25)26/h7-13,20H,6,14H2,1-5H3,(H,22,24)/t20-/m0/s1. The second-order valence-corrected chi connectivity index (χ2v) is 8.92. The van der Waals surface area contributed by atoms with Gasteiger partial charge in [-0.1, -0.05) is 30.7 Å². The van der Waals surface area contributed by atoms with Crippen molar-refractivity contribution in [3.05, 3.63) is 59.2 Å². The Morgan fingerprint density at radius 1 is 1.14 bits per heavy atom. The van der Waals surface area contributed by atoms with Gasteiger partial charge in [0.15, 0.2) is 6.61 Å². The number of amides is 1. The number of benzene rings is 2. The molecule has 1 N–H and O–H groups in total. The summed E-state index contributed by atoms with van der Waals surface area (Å²) in [6.07, 6.45) is 1.92. The van der Waals surface area contributed by atoms with Crippen molar-refractivity contribution in [2.45, 2.75) is 33.2 Å². The number of hydrogen-bond donors (Lipinski definition) is 1. The quantitative estimate of drug-likeness (QED) is 0.732. The van der Waals surface area contributed by atoms with E-state index in [1.807, 2.05) is 26.8 Å². The summed E-state index contributed by atoms with van der Waals surface area (Å²) in [6.45, 7) is 6.01. The molecule has 0 fully saturated rings. The molecule has 0 radical (unpaired) electrons. The minimum Gasteiger partial charge on any atom is -0.484 e. The molecule has 1 amide bonds. The summed E-state index contributed by atoms with van der Waals surface area (Å²) in [7, 11) is -1.83. The van der Waals surface area contributed by atoms with Gasteiger partial charge in [-0.05, 0) is 55.7 Å². The van der Waals surface area contributed by atoms with Crippen LogP contribution in [0.5, 0.6) is 5.75 Å². The highest BCUT2D eigenvalue weighted by Crippen LogP contribution is 2.22. The zero-order chi connectivity index (χ0) is 20.9. The lowest BCUT2D eigenvalue weighted by Crippen LogP contribution is -2.32. The molecule has 2 aromatic carbocycles. The van der Waals surface area contributed by atoms with Crippen LogP contribution in [0.1, 0.15) is 36.1 Å². The monoisotopic (exact) mass is 404 g/mol. The highest BCUT2D eigenvalue weighted by Gasteiger charge is 2.16. The second kappa shape index (κ2) is 9.10. The van der Waals surface area contributed by atoms with E-state index in [1.54, 1.807) is 24.3 Å². The minimum atomic E-state index is -3.32. The van der Waals surface area contributed by atoms with Crippen molar-refractivity contribution >= 4 is 21.6 Å². The molecule has 0 aliphatic heterocycles. The van der Waals surface area contributed by atoms with E-state index in [9.17, 15) is 13.2 Å². The van der Waals surface area contributed by atoms with Crippen LogP contribution in [0, 0.1) is 13.8 Å². The Kier molecular flexibility index (Phi) is 7.07. The van der Waals surface area contributed by atoms with Gasteiger partial charge in [0.1, 0.15) is 5.75 Å². The largest absolute Gasteiger partial charge is 0.484 e. The van der Waals surface area contributed by atoms with Gasteiger partial charge in [-0.3, -0.25) is 9.10 Å². The Balaban J connectivity index is 1.96. The molecule has 0 spiro atoms. The molecule has 2 rings (SSSR count). The smallest absolute Gasteiger partial charge is 0.258 e. The maximum Gasteiger partial charge on any atom is 0.258 e. The first-order valence-electron chi connectivity index (χ1n) is 9.15. The SMILES string of the molecule is CC[C@H](NC(=O)COc1ccc(N(C)S(C)(=O)=O)cc1)c1ccc(C)cc1C. The van der Waals surface area contributed by atoms with E-state index in [0.29, 0.717) is 11.4 Å². The fourth-order valence-electron chi connectivity index (χ4n) is 2.94. The number of sulfonamides is 1. The molecule has 2 aromatic rings. The molecule has 6 nitrogen and oxygen atoms in total. The van der Waals surface area contributed by atoms with Crippen LogP contribution in [0.3, 0.4) is 0 Å². The van der Waals surface area contributed by atoms with Crippen molar-refractivity contribution in [3.63, 3.8) is 0 Å². The van der Waals surface area contributed by atoms with E-state index >= 15 is 0 Å². The Morgan fingerprint density at radius 2 is 1.79 bits per heavy atom. The molecule has 152 valence electrons. The van der Waals surface area contributed by atoms with E-state index in [-0.39, 0.29) is 18.6 Å². The van der Waals surface area contributed by atoms with Crippen molar-refractivity contribution in [2.24, 2.45) is 0 Å². The van der Waals surface area contributed by atoms with Crippen molar-refractivity contribution in [1.82, 2.24) is 5.32 Å². The first kappa shape index (κ1) is 21.8. The normalized spacial score (nSPS) is 12.3. The predicted molar refractivity (Wildman–Crippen MR) is 112 cm³/mol. The van der Waals surface area contributed by atoms with Crippen LogP contribution in [-0.4, -0.2) is 34.2 Å². The van der Waals surface area contributed by atoms with E-state index in [1.165, 1.54) is 16.9 Å². The van der Waals surface area contributed by atoms with Gasteiger partial charge in [-0.25, -0.2) is 8.42 Å². The van der Waals surface area contributed by atoms with Crippen LogP contribution >= 0.6 is 0 Å². The summed E-state index contributed by atoms with van der Waals surface area (Å²) in [5.74, 6) is 0.296. The summed E-state index contributed by atoms with van der Waals surface area (Å²) >= 11 is 0. The van der Waals surface area contributed by atoms with Gasteiger partial charge < -0.3 is 10.1 Å². The second-order valence-electron chi connectivity index (χ2n) is 6.90. The van der Waals surface area contributed by atoms with E-state index in [4.69, 9.17) is 4.74 Å². The van der Waals surface area contributed by atoms with Gasteiger partial charge in [-0.15, -0.1) is 0 Å².